The smallest absolute Gasteiger partial charge is 0.259 e. The highest BCUT2D eigenvalue weighted by molar-refractivity contribution is 7.45. The van der Waals surface area contributed by atoms with Crippen molar-refractivity contribution in [3.05, 3.63) is 115 Å². The molecule has 0 aliphatic carbocycles. The molecule has 0 saturated carbocycles. The molecule has 0 spiro atoms. The van der Waals surface area contributed by atoms with Crippen LogP contribution in [0.1, 0.15) is 42.8 Å². The largest absolute Gasteiger partial charge is 0.374 e. The van der Waals surface area contributed by atoms with Crippen LogP contribution in [0.2, 0.25) is 12.6 Å². The van der Waals surface area contributed by atoms with E-state index in [1.807, 2.05) is 22.8 Å². The Morgan fingerprint density at radius 2 is 1.63 bits per heavy atom. The zero-order valence-corrected chi connectivity index (χ0v) is 31.1. The lowest BCUT2D eigenvalue weighted by molar-refractivity contribution is -0.0493. The Hall–Kier alpha value is -3.80. The summed E-state index contributed by atoms with van der Waals surface area (Å²) in [6.07, 6.45) is 4.88. The van der Waals surface area contributed by atoms with Gasteiger partial charge in [-0.1, -0.05) is 103 Å². The summed E-state index contributed by atoms with van der Waals surface area (Å²) in [5.41, 5.74) is 2.32. The maximum absolute atomic E-state index is 13.0. The van der Waals surface area contributed by atoms with Crippen molar-refractivity contribution in [1.82, 2.24) is 19.2 Å². The van der Waals surface area contributed by atoms with Gasteiger partial charge in [0.15, 0.2) is 11.9 Å². The van der Waals surface area contributed by atoms with Crippen LogP contribution in [0.5, 0.6) is 0 Å². The number of fused-ring (bicyclic) bond motifs is 2. The van der Waals surface area contributed by atoms with E-state index in [1.54, 1.807) is 37.8 Å². The fraction of sp³-hybridized carbons (Fsp3) is 0.359. The second-order valence-corrected chi connectivity index (χ2v) is 19.4. The molecule has 1 amide bonds. The van der Waals surface area contributed by atoms with Gasteiger partial charge in [-0.05, 0) is 43.5 Å². The van der Waals surface area contributed by atoms with Crippen LogP contribution < -0.4 is 15.7 Å². The number of hydrogen-bond acceptors (Lipinski definition) is 8. The molecule has 3 saturated heterocycles. The summed E-state index contributed by atoms with van der Waals surface area (Å²) in [5.74, 6) is -0.211. The number of aromatic nitrogens is 3. The zero-order valence-electron chi connectivity index (χ0n) is 29.2. The Labute approximate surface area is 301 Å². The van der Waals surface area contributed by atoms with E-state index in [0.29, 0.717) is 28.5 Å². The highest BCUT2D eigenvalue weighted by atomic mass is 31.2. The number of carbonyl (C=O) groups is 1. The molecule has 51 heavy (non-hydrogen) atoms. The van der Waals surface area contributed by atoms with Crippen LogP contribution in [0.15, 0.2) is 110 Å². The van der Waals surface area contributed by atoms with E-state index in [4.69, 9.17) is 18.5 Å². The van der Waals surface area contributed by atoms with E-state index in [-0.39, 0.29) is 24.2 Å². The molecule has 3 aliphatic heterocycles. The van der Waals surface area contributed by atoms with Crippen LogP contribution in [0.25, 0.3) is 11.2 Å². The molecule has 12 heteroatoms. The molecule has 3 aromatic carbocycles. The normalized spacial score (nSPS) is 26.5. The van der Waals surface area contributed by atoms with Crippen LogP contribution in [0, 0.1) is 0 Å². The minimum Gasteiger partial charge on any atom is -0.374 e. The lowest BCUT2D eigenvalue weighted by Gasteiger charge is -2.32. The van der Waals surface area contributed by atoms with Crippen molar-refractivity contribution in [2.75, 3.05) is 19.0 Å². The molecule has 0 radical (unpaired) electrons. The Bertz CT molecular complexity index is 1910. The molecule has 3 fully saturated rings. The third kappa shape index (κ3) is 6.46. The molecule has 10 nitrogen and oxygen atoms in total. The van der Waals surface area contributed by atoms with Gasteiger partial charge in [-0.3, -0.25) is 9.36 Å². The van der Waals surface area contributed by atoms with Gasteiger partial charge in [0, 0.05) is 31.5 Å². The number of nitrogens with zero attached hydrogens (tertiary/aromatic N) is 4. The second kappa shape index (κ2) is 14.7. The van der Waals surface area contributed by atoms with Crippen LogP contribution in [0.3, 0.4) is 0 Å². The molecule has 0 bridgehead atoms. The number of pyridine rings is 1. The van der Waals surface area contributed by atoms with Gasteiger partial charge in [-0.2, -0.15) is 0 Å². The van der Waals surface area contributed by atoms with E-state index >= 15 is 0 Å². The molecule has 7 atom stereocenters. The van der Waals surface area contributed by atoms with Crippen LogP contribution >= 0.6 is 8.53 Å². The number of rotatable bonds is 11. The molecule has 264 valence electrons. The number of ether oxygens (including phenoxy) is 2. The third-order valence-electron chi connectivity index (χ3n) is 10.8. The molecule has 3 aliphatic rings. The first kappa shape index (κ1) is 34.3. The number of nitrogens with one attached hydrogen (secondary N) is 1. The van der Waals surface area contributed by atoms with Crippen LogP contribution in [-0.4, -0.2) is 77.3 Å². The van der Waals surface area contributed by atoms with Gasteiger partial charge in [0.1, 0.15) is 25.8 Å². The first-order valence-corrected chi connectivity index (χ1v) is 21.7. The van der Waals surface area contributed by atoms with Gasteiger partial charge >= 0.3 is 0 Å². The van der Waals surface area contributed by atoms with Crippen molar-refractivity contribution >= 4 is 49.7 Å². The molecule has 1 unspecified atom stereocenters. The van der Waals surface area contributed by atoms with Gasteiger partial charge < -0.3 is 23.8 Å². The van der Waals surface area contributed by atoms with Crippen LogP contribution in [-0.2, 0) is 18.5 Å². The lowest BCUT2D eigenvalue weighted by Crippen LogP contribution is -2.58. The van der Waals surface area contributed by atoms with E-state index in [9.17, 15) is 4.79 Å². The second-order valence-electron chi connectivity index (χ2n) is 13.8. The number of anilines is 1. The quantitative estimate of drug-likeness (QED) is 0.124. The maximum Gasteiger partial charge on any atom is 0.259 e. The van der Waals surface area contributed by atoms with E-state index in [1.165, 1.54) is 10.4 Å². The summed E-state index contributed by atoms with van der Waals surface area (Å²) in [4.78, 5) is 22.3. The Balaban J connectivity index is 1.04. The van der Waals surface area contributed by atoms with Crippen molar-refractivity contribution in [2.45, 2.75) is 75.5 Å². The van der Waals surface area contributed by atoms with Crippen molar-refractivity contribution in [2.24, 2.45) is 0 Å². The molecule has 5 heterocycles. The fourth-order valence-corrected chi connectivity index (χ4v) is 14.0. The van der Waals surface area contributed by atoms with E-state index < -0.39 is 28.9 Å². The maximum atomic E-state index is 13.0. The van der Waals surface area contributed by atoms with Crippen molar-refractivity contribution in [3.63, 3.8) is 0 Å². The van der Waals surface area contributed by atoms with Gasteiger partial charge in [0.2, 0.25) is 0 Å². The Morgan fingerprint density at radius 3 is 2.29 bits per heavy atom. The van der Waals surface area contributed by atoms with Crippen LogP contribution in [0.4, 0.5) is 5.69 Å². The summed E-state index contributed by atoms with van der Waals surface area (Å²) < 4.78 is 31.3. The minimum atomic E-state index is -2.14. The molecule has 5 aromatic rings. The number of hydrogen-bond donors (Lipinski definition) is 1. The van der Waals surface area contributed by atoms with E-state index in [2.05, 4.69) is 94.1 Å². The predicted octanol–water partition coefficient (Wildman–Crippen LogP) is 6.37. The number of benzene rings is 3. The number of methoxy groups -OCH3 is 1. The molecular weight excluding hydrogens is 678 g/mol. The number of imidazole rings is 1. The molecular formula is C39H44N5O5PSi. The van der Waals surface area contributed by atoms with Crippen molar-refractivity contribution in [3.8, 4) is 0 Å². The van der Waals surface area contributed by atoms with Gasteiger partial charge in [-0.15, -0.1) is 0 Å². The number of carbonyl (C=O) groups excluding carboxylic acids is 1. The summed E-state index contributed by atoms with van der Waals surface area (Å²) in [6.45, 7) is 5.55. The third-order valence-corrected chi connectivity index (χ3v) is 17.0. The first-order chi connectivity index (χ1) is 25.0. The highest BCUT2D eigenvalue weighted by Gasteiger charge is 2.54. The minimum absolute atomic E-state index is 0.0705. The van der Waals surface area contributed by atoms with Gasteiger partial charge in [0.25, 0.3) is 14.4 Å². The molecule has 8 rings (SSSR count). The standard InChI is InChI=1S/C39H44N5O5PSi/c1-4-32-35(36(46-2)39(47-32)43-26-41-34-30(22-23-40-37(34)43)42-38(45)27-15-8-5-9-16-27)49-50-44-24-14-21-31(44)33(48-50)25-51(3,28-17-10-6-11-18-28)29-19-12-7-13-20-29/h5-13,15-20,22-23,26,31-33,35-36,39H,4,14,21,24-25H2,1-3H3,(H,40,42,45)/t31-,32+,33+,35?,36-,39+,50+/m0/s1. The Morgan fingerprint density at radius 1 is 0.941 bits per heavy atom. The summed E-state index contributed by atoms with van der Waals surface area (Å²) in [5, 5.41) is 5.84. The zero-order chi connectivity index (χ0) is 35.0. The summed E-state index contributed by atoms with van der Waals surface area (Å²) >= 11 is 0. The van der Waals surface area contributed by atoms with Gasteiger partial charge in [0.05, 0.1) is 24.2 Å². The summed E-state index contributed by atoms with van der Waals surface area (Å²) in [6, 6.07) is 34.2. The SMILES string of the molecule is CC[C@H]1O[C@@H](n2cnc3c(NC(=O)c4ccccc4)ccnc32)[C@@H](OC)C1O[P@@]1O[C@H](C[Si](C)(c2ccccc2)c2ccccc2)[C@@H]2CCCN21. The van der Waals surface area contributed by atoms with Crippen molar-refractivity contribution < 1.29 is 23.3 Å². The number of amides is 1. The molecule has 2 aromatic heterocycles. The van der Waals surface area contributed by atoms with Crippen molar-refractivity contribution in [1.29, 1.82) is 0 Å². The topological polar surface area (TPSA) is 100.0 Å². The fourth-order valence-electron chi connectivity index (χ4n) is 8.03. The first-order valence-electron chi connectivity index (χ1n) is 17.9. The predicted molar refractivity (Wildman–Crippen MR) is 202 cm³/mol. The molecule has 1 N–H and O–H groups in total. The monoisotopic (exact) mass is 721 g/mol. The van der Waals surface area contributed by atoms with E-state index in [0.717, 1.165) is 31.9 Å². The highest BCUT2D eigenvalue weighted by Crippen LogP contribution is 2.59. The van der Waals surface area contributed by atoms with Gasteiger partial charge in [-0.25, -0.2) is 14.6 Å². The Kier molecular flexibility index (Phi) is 9.87. The average molecular weight is 722 g/mol. The summed E-state index contributed by atoms with van der Waals surface area (Å²) in [7, 11) is -1.77. The lowest BCUT2D eigenvalue weighted by atomic mass is 10.1. The average Bonchev–Trinajstić information content (AvgIpc) is 3.97.